The average molecular weight is 265 g/mol. The molecule has 0 aromatic heterocycles. The smallest absolute Gasteiger partial charge is 0.410 e. The van der Waals surface area contributed by atoms with Gasteiger partial charge in [-0.15, -0.1) is 0 Å². The van der Waals surface area contributed by atoms with E-state index in [0.29, 0.717) is 26.1 Å². The van der Waals surface area contributed by atoms with Crippen LogP contribution in [0, 0.1) is 22.7 Å². The van der Waals surface area contributed by atoms with Gasteiger partial charge in [-0.05, 0) is 27.2 Å². The van der Waals surface area contributed by atoms with Gasteiger partial charge in [0.1, 0.15) is 11.0 Å². The molecule has 2 fully saturated rings. The highest BCUT2D eigenvalue weighted by atomic mass is 16.6. The maximum atomic E-state index is 11.8. The number of amides is 2. The van der Waals surface area contributed by atoms with Crippen molar-refractivity contribution in [3.63, 3.8) is 0 Å². The van der Waals surface area contributed by atoms with E-state index in [1.54, 1.807) is 4.90 Å². The van der Waals surface area contributed by atoms with Crippen LogP contribution in [0.15, 0.2) is 0 Å². The fourth-order valence-electron chi connectivity index (χ4n) is 2.50. The Morgan fingerprint density at radius 3 is 2.58 bits per heavy atom. The van der Waals surface area contributed by atoms with Gasteiger partial charge in [0.05, 0.1) is 6.07 Å². The van der Waals surface area contributed by atoms with Crippen LogP contribution in [-0.4, -0.2) is 42.1 Å². The van der Waals surface area contributed by atoms with E-state index in [2.05, 4.69) is 11.4 Å². The summed E-state index contributed by atoms with van der Waals surface area (Å²) >= 11 is 0. The minimum absolute atomic E-state index is 0.0903. The summed E-state index contributed by atoms with van der Waals surface area (Å²) in [5.74, 6) is -0.295. The van der Waals surface area contributed by atoms with Crippen molar-refractivity contribution in [2.45, 2.75) is 32.8 Å². The Morgan fingerprint density at radius 1 is 1.53 bits per heavy atom. The number of hydrogen-bond donors (Lipinski definition) is 1. The highest BCUT2D eigenvalue weighted by Crippen LogP contribution is 2.40. The number of hydrogen-bond acceptors (Lipinski definition) is 4. The molecule has 0 radical (unpaired) electrons. The maximum Gasteiger partial charge on any atom is 0.410 e. The fourth-order valence-corrected chi connectivity index (χ4v) is 2.50. The number of carbonyl (C=O) groups excluding carboxylic acids is 2. The minimum atomic E-state index is -0.960. The number of likely N-dealkylation sites (tertiary alicyclic amines) is 1. The lowest BCUT2D eigenvalue weighted by molar-refractivity contribution is -0.130. The van der Waals surface area contributed by atoms with Crippen molar-refractivity contribution in [2.75, 3.05) is 19.6 Å². The van der Waals surface area contributed by atoms with Gasteiger partial charge in [0.15, 0.2) is 0 Å². The lowest BCUT2D eigenvalue weighted by Gasteiger charge is -2.44. The molecule has 2 aliphatic rings. The van der Waals surface area contributed by atoms with Crippen LogP contribution in [0.25, 0.3) is 0 Å². The Morgan fingerprint density at radius 2 is 2.16 bits per heavy atom. The van der Waals surface area contributed by atoms with Crippen LogP contribution in [0.3, 0.4) is 0 Å². The molecule has 0 bridgehead atoms. The second-order valence-electron chi connectivity index (χ2n) is 6.17. The molecule has 0 aromatic carbocycles. The van der Waals surface area contributed by atoms with Crippen molar-refractivity contribution in [3.8, 4) is 6.07 Å². The number of rotatable bonds is 1. The van der Waals surface area contributed by atoms with E-state index in [4.69, 9.17) is 4.74 Å². The van der Waals surface area contributed by atoms with E-state index in [1.165, 1.54) is 0 Å². The van der Waals surface area contributed by atoms with Gasteiger partial charge < -0.3 is 15.0 Å². The molecule has 0 saturated carbocycles. The first-order valence-corrected chi connectivity index (χ1v) is 6.46. The molecule has 2 amide bonds. The van der Waals surface area contributed by atoms with Crippen molar-refractivity contribution >= 4 is 12.0 Å². The van der Waals surface area contributed by atoms with Crippen molar-refractivity contribution in [3.05, 3.63) is 0 Å². The Hall–Kier alpha value is -1.77. The van der Waals surface area contributed by atoms with Gasteiger partial charge in [-0.2, -0.15) is 5.26 Å². The van der Waals surface area contributed by atoms with Gasteiger partial charge >= 0.3 is 6.09 Å². The molecule has 1 atom stereocenters. The molecule has 6 heteroatoms. The van der Waals surface area contributed by atoms with Crippen LogP contribution in [-0.2, 0) is 9.53 Å². The van der Waals surface area contributed by atoms with Crippen LogP contribution in [0.4, 0.5) is 4.79 Å². The lowest BCUT2D eigenvalue weighted by atomic mass is 9.71. The van der Waals surface area contributed by atoms with Gasteiger partial charge in [-0.25, -0.2) is 4.79 Å². The summed E-state index contributed by atoms with van der Waals surface area (Å²) in [6.45, 7) is 6.79. The third kappa shape index (κ3) is 2.37. The van der Waals surface area contributed by atoms with E-state index < -0.39 is 11.0 Å². The maximum absolute atomic E-state index is 11.8. The minimum Gasteiger partial charge on any atom is -0.444 e. The molecule has 6 nitrogen and oxygen atoms in total. The standard InChI is InChI=1S/C13H19N3O3/c1-12(2,3)19-11(18)16-6-9(7-16)13(8-14)4-5-15-10(13)17/h9H,4-7H2,1-3H3,(H,15,17). The van der Waals surface area contributed by atoms with Crippen LogP contribution < -0.4 is 5.32 Å². The Kier molecular flexibility index (Phi) is 3.17. The fraction of sp³-hybridized carbons (Fsp3) is 0.769. The van der Waals surface area contributed by atoms with Crippen LogP contribution in [0.1, 0.15) is 27.2 Å². The van der Waals surface area contributed by atoms with E-state index in [1.807, 2.05) is 20.8 Å². The molecule has 0 spiro atoms. The highest BCUT2D eigenvalue weighted by Gasteiger charge is 2.54. The Balaban J connectivity index is 1.95. The molecular weight excluding hydrogens is 246 g/mol. The molecular formula is C13H19N3O3. The van der Waals surface area contributed by atoms with E-state index in [9.17, 15) is 14.9 Å². The molecule has 0 aromatic rings. The number of nitrogens with zero attached hydrogens (tertiary/aromatic N) is 2. The second-order valence-corrected chi connectivity index (χ2v) is 6.17. The lowest BCUT2D eigenvalue weighted by Crippen LogP contribution is -2.58. The third-order valence-corrected chi connectivity index (χ3v) is 3.64. The molecule has 104 valence electrons. The van der Waals surface area contributed by atoms with Gasteiger partial charge in [-0.3, -0.25) is 4.79 Å². The third-order valence-electron chi connectivity index (χ3n) is 3.64. The molecule has 1 unspecified atom stereocenters. The van der Waals surface area contributed by atoms with E-state index >= 15 is 0 Å². The van der Waals surface area contributed by atoms with Crippen molar-refractivity contribution in [1.29, 1.82) is 5.26 Å². The monoisotopic (exact) mass is 265 g/mol. The molecule has 2 saturated heterocycles. The number of nitrogens with one attached hydrogen (secondary N) is 1. The first-order valence-electron chi connectivity index (χ1n) is 6.46. The van der Waals surface area contributed by atoms with Crippen LogP contribution in [0.2, 0.25) is 0 Å². The van der Waals surface area contributed by atoms with Crippen LogP contribution >= 0.6 is 0 Å². The van der Waals surface area contributed by atoms with E-state index in [0.717, 1.165) is 0 Å². The summed E-state index contributed by atoms with van der Waals surface area (Å²) in [4.78, 5) is 25.1. The quantitative estimate of drug-likeness (QED) is 0.763. The molecule has 2 rings (SSSR count). The average Bonchev–Trinajstić information content (AvgIpc) is 2.56. The summed E-state index contributed by atoms with van der Waals surface area (Å²) < 4.78 is 5.25. The second kappa shape index (κ2) is 4.41. The summed E-state index contributed by atoms with van der Waals surface area (Å²) in [6.07, 6.45) is 0.144. The number of carbonyl (C=O) groups is 2. The topological polar surface area (TPSA) is 82.4 Å². The zero-order valence-corrected chi connectivity index (χ0v) is 11.5. The molecule has 19 heavy (non-hydrogen) atoms. The summed E-state index contributed by atoms with van der Waals surface area (Å²) in [5.41, 5.74) is -1.49. The van der Waals surface area contributed by atoms with Gasteiger partial charge in [-0.1, -0.05) is 0 Å². The van der Waals surface area contributed by atoms with Gasteiger partial charge in [0.2, 0.25) is 5.91 Å². The predicted molar refractivity (Wildman–Crippen MR) is 67.0 cm³/mol. The summed E-state index contributed by atoms with van der Waals surface area (Å²) in [6, 6.07) is 2.15. The molecule has 1 N–H and O–H groups in total. The summed E-state index contributed by atoms with van der Waals surface area (Å²) in [5, 5.41) is 12.0. The number of ether oxygens (including phenoxy) is 1. The Bertz CT molecular complexity index is 443. The molecule has 0 aliphatic carbocycles. The zero-order valence-electron chi connectivity index (χ0n) is 11.5. The zero-order chi connectivity index (χ0) is 14.3. The van der Waals surface area contributed by atoms with E-state index in [-0.39, 0.29) is 17.9 Å². The first kappa shape index (κ1) is 13.7. The highest BCUT2D eigenvalue weighted by molar-refractivity contribution is 5.88. The van der Waals surface area contributed by atoms with Gasteiger partial charge in [0, 0.05) is 25.6 Å². The van der Waals surface area contributed by atoms with Crippen molar-refractivity contribution < 1.29 is 14.3 Å². The van der Waals surface area contributed by atoms with Gasteiger partial charge in [0.25, 0.3) is 0 Å². The molecule has 2 aliphatic heterocycles. The Labute approximate surface area is 112 Å². The van der Waals surface area contributed by atoms with Crippen molar-refractivity contribution in [1.82, 2.24) is 10.2 Å². The first-order chi connectivity index (χ1) is 8.78. The van der Waals surface area contributed by atoms with Crippen LogP contribution in [0.5, 0.6) is 0 Å². The number of nitriles is 1. The summed E-state index contributed by atoms with van der Waals surface area (Å²) in [7, 11) is 0. The normalized spacial score (nSPS) is 27.5. The molecule has 2 heterocycles. The predicted octanol–water partition coefficient (Wildman–Crippen LogP) is 0.883. The van der Waals surface area contributed by atoms with Crippen molar-refractivity contribution in [2.24, 2.45) is 11.3 Å². The largest absolute Gasteiger partial charge is 0.444 e. The SMILES string of the molecule is CC(C)(C)OC(=O)N1CC(C2(C#N)CCNC2=O)C1.